The standard InChI is InChI=1S/C17H29N3O2S/c1-4-12(2)17(3,22)11-19-16(21)18-10-9-15-20-13-7-5-6-8-14(13)23-15/h12,22H,4-11H2,1-3H3,(H2,18,19,21). The molecule has 1 heterocycles. The second-order valence-corrected chi connectivity index (χ2v) is 7.88. The largest absolute Gasteiger partial charge is 0.388 e. The highest BCUT2D eigenvalue weighted by atomic mass is 32.1. The zero-order valence-electron chi connectivity index (χ0n) is 14.4. The van der Waals surface area contributed by atoms with Crippen molar-refractivity contribution in [2.24, 2.45) is 5.92 Å². The molecular weight excluding hydrogens is 310 g/mol. The fourth-order valence-corrected chi connectivity index (χ4v) is 3.89. The van der Waals surface area contributed by atoms with E-state index in [0.717, 1.165) is 30.7 Å². The van der Waals surface area contributed by atoms with Gasteiger partial charge in [0.2, 0.25) is 0 Å². The number of carbonyl (C=O) groups is 1. The number of amides is 2. The summed E-state index contributed by atoms with van der Waals surface area (Å²) >= 11 is 1.79. The summed E-state index contributed by atoms with van der Waals surface area (Å²) < 4.78 is 0. The van der Waals surface area contributed by atoms with Crippen LogP contribution in [0.15, 0.2) is 0 Å². The van der Waals surface area contributed by atoms with Gasteiger partial charge in [-0.25, -0.2) is 9.78 Å². The maximum atomic E-state index is 11.8. The predicted octanol–water partition coefficient (Wildman–Crippen LogP) is 2.66. The van der Waals surface area contributed by atoms with Crippen molar-refractivity contribution in [2.75, 3.05) is 13.1 Å². The first-order chi connectivity index (χ1) is 10.9. The molecule has 1 aliphatic carbocycles. The summed E-state index contributed by atoms with van der Waals surface area (Å²) in [7, 11) is 0. The number of aryl methyl sites for hydroxylation is 2. The van der Waals surface area contributed by atoms with Gasteiger partial charge in [-0.2, -0.15) is 0 Å². The fraction of sp³-hybridized carbons (Fsp3) is 0.765. The first-order valence-corrected chi connectivity index (χ1v) is 9.45. The summed E-state index contributed by atoms with van der Waals surface area (Å²) in [4.78, 5) is 17.9. The number of rotatable bonds is 7. The lowest BCUT2D eigenvalue weighted by atomic mass is 9.89. The van der Waals surface area contributed by atoms with Crippen LogP contribution in [-0.4, -0.2) is 34.8 Å². The normalized spacial score (nSPS) is 17.9. The second kappa shape index (κ2) is 8.11. The molecule has 6 heteroatoms. The van der Waals surface area contributed by atoms with Gasteiger partial charge in [-0.3, -0.25) is 0 Å². The quantitative estimate of drug-likeness (QED) is 0.715. The van der Waals surface area contributed by atoms with E-state index in [1.807, 2.05) is 13.8 Å². The number of urea groups is 1. The lowest BCUT2D eigenvalue weighted by Gasteiger charge is -2.29. The maximum absolute atomic E-state index is 11.8. The highest BCUT2D eigenvalue weighted by molar-refractivity contribution is 7.11. The molecule has 0 saturated heterocycles. The molecule has 2 unspecified atom stereocenters. The first-order valence-electron chi connectivity index (χ1n) is 8.64. The van der Waals surface area contributed by atoms with Crippen LogP contribution in [0.2, 0.25) is 0 Å². The molecule has 130 valence electrons. The highest BCUT2D eigenvalue weighted by Gasteiger charge is 2.27. The van der Waals surface area contributed by atoms with Crippen LogP contribution >= 0.6 is 11.3 Å². The van der Waals surface area contributed by atoms with Gasteiger partial charge >= 0.3 is 6.03 Å². The van der Waals surface area contributed by atoms with Gasteiger partial charge in [-0.1, -0.05) is 20.3 Å². The molecule has 0 spiro atoms. The Balaban J connectivity index is 1.69. The first kappa shape index (κ1) is 18.2. The average molecular weight is 340 g/mol. The number of aromatic nitrogens is 1. The number of nitrogens with zero attached hydrogens (tertiary/aromatic N) is 1. The van der Waals surface area contributed by atoms with E-state index in [0.29, 0.717) is 6.54 Å². The van der Waals surface area contributed by atoms with E-state index < -0.39 is 5.60 Å². The van der Waals surface area contributed by atoms with Crippen LogP contribution in [0.5, 0.6) is 0 Å². The minimum atomic E-state index is -0.875. The lowest BCUT2D eigenvalue weighted by Crippen LogP contribution is -2.48. The van der Waals surface area contributed by atoms with Crippen molar-refractivity contribution in [1.82, 2.24) is 15.6 Å². The highest BCUT2D eigenvalue weighted by Crippen LogP contribution is 2.26. The molecule has 0 radical (unpaired) electrons. The molecule has 0 bridgehead atoms. The molecule has 1 aromatic heterocycles. The molecule has 23 heavy (non-hydrogen) atoms. The number of nitrogens with one attached hydrogen (secondary N) is 2. The monoisotopic (exact) mass is 339 g/mol. The van der Waals surface area contributed by atoms with E-state index in [1.165, 1.54) is 23.4 Å². The van der Waals surface area contributed by atoms with Crippen molar-refractivity contribution in [2.45, 2.75) is 64.9 Å². The molecule has 0 aromatic carbocycles. The molecule has 0 aliphatic heterocycles. The Morgan fingerprint density at radius 3 is 2.83 bits per heavy atom. The molecule has 2 atom stereocenters. The third kappa shape index (κ3) is 5.18. The Morgan fingerprint density at radius 2 is 2.13 bits per heavy atom. The molecule has 5 nitrogen and oxygen atoms in total. The number of thiazole rings is 1. The summed E-state index contributed by atoms with van der Waals surface area (Å²) in [5.74, 6) is 0.143. The van der Waals surface area contributed by atoms with E-state index in [2.05, 4.69) is 15.6 Å². The average Bonchev–Trinajstić information content (AvgIpc) is 2.94. The zero-order chi connectivity index (χ0) is 16.9. The van der Waals surface area contributed by atoms with Crippen molar-refractivity contribution in [3.05, 3.63) is 15.6 Å². The lowest BCUT2D eigenvalue weighted by molar-refractivity contribution is 0.00791. The third-order valence-electron chi connectivity index (χ3n) is 4.80. The van der Waals surface area contributed by atoms with Crippen LogP contribution in [0.25, 0.3) is 0 Å². The van der Waals surface area contributed by atoms with E-state index in [-0.39, 0.29) is 18.5 Å². The van der Waals surface area contributed by atoms with Crippen LogP contribution in [-0.2, 0) is 19.3 Å². The molecule has 0 saturated carbocycles. The molecule has 0 fully saturated rings. The van der Waals surface area contributed by atoms with E-state index in [1.54, 1.807) is 18.3 Å². The molecule has 3 N–H and O–H groups in total. The fourth-order valence-electron chi connectivity index (χ4n) is 2.73. The SMILES string of the molecule is CCC(C)C(C)(O)CNC(=O)NCCc1nc2c(s1)CCCC2. The summed E-state index contributed by atoms with van der Waals surface area (Å²) in [5, 5.41) is 17.0. The number of aliphatic hydroxyl groups is 1. The maximum Gasteiger partial charge on any atom is 0.314 e. The Hall–Kier alpha value is -1.14. The van der Waals surface area contributed by atoms with Gasteiger partial charge in [0, 0.05) is 24.4 Å². The van der Waals surface area contributed by atoms with Gasteiger partial charge in [0.25, 0.3) is 0 Å². The number of hydrogen-bond donors (Lipinski definition) is 3. The van der Waals surface area contributed by atoms with Crippen molar-refractivity contribution >= 4 is 17.4 Å². The predicted molar refractivity (Wildman–Crippen MR) is 93.9 cm³/mol. The van der Waals surface area contributed by atoms with E-state index in [9.17, 15) is 9.90 Å². The Kier molecular flexibility index (Phi) is 6.41. The third-order valence-corrected chi connectivity index (χ3v) is 6.01. The molecule has 2 rings (SSSR count). The smallest absolute Gasteiger partial charge is 0.314 e. The molecule has 1 aromatic rings. The zero-order valence-corrected chi connectivity index (χ0v) is 15.3. The van der Waals surface area contributed by atoms with Crippen molar-refractivity contribution in [3.63, 3.8) is 0 Å². The van der Waals surface area contributed by atoms with Crippen LogP contribution < -0.4 is 10.6 Å². The number of hydrogen-bond acceptors (Lipinski definition) is 4. The molecular formula is C17H29N3O2S. The van der Waals surface area contributed by atoms with Gasteiger partial charge in [-0.05, 0) is 38.5 Å². The Bertz CT molecular complexity index is 504. The Morgan fingerprint density at radius 1 is 1.39 bits per heavy atom. The van der Waals surface area contributed by atoms with Gasteiger partial charge in [0.1, 0.15) is 0 Å². The Labute approximate surface area is 142 Å². The summed E-state index contributed by atoms with van der Waals surface area (Å²) in [6.07, 6.45) is 6.42. The topological polar surface area (TPSA) is 74.2 Å². The van der Waals surface area contributed by atoms with Crippen LogP contribution in [0.1, 0.15) is 55.6 Å². The van der Waals surface area contributed by atoms with Crippen LogP contribution in [0.3, 0.4) is 0 Å². The van der Waals surface area contributed by atoms with E-state index >= 15 is 0 Å². The molecule has 2 amide bonds. The summed E-state index contributed by atoms with van der Waals surface area (Å²) in [6, 6.07) is -0.227. The van der Waals surface area contributed by atoms with Crippen molar-refractivity contribution in [3.8, 4) is 0 Å². The minimum Gasteiger partial charge on any atom is -0.388 e. The second-order valence-electron chi connectivity index (χ2n) is 6.71. The van der Waals surface area contributed by atoms with Crippen LogP contribution in [0, 0.1) is 5.92 Å². The van der Waals surface area contributed by atoms with Gasteiger partial charge in [0.05, 0.1) is 16.3 Å². The van der Waals surface area contributed by atoms with Crippen LogP contribution in [0.4, 0.5) is 4.79 Å². The number of fused-ring (bicyclic) bond motifs is 1. The van der Waals surface area contributed by atoms with Crippen molar-refractivity contribution < 1.29 is 9.90 Å². The van der Waals surface area contributed by atoms with Gasteiger partial charge in [-0.15, -0.1) is 11.3 Å². The van der Waals surface area contributed by atoms with Gasteiger partial charge in [0.15, 0.2) is 0 Å². The summed E-state index contributed by atoms with van der Waals surface area (Å²) in [5.41, 5.74) is 0.394. The molecule has 1 aliphatic rings. The summed E-state index contributed by atoms with van der Waals surface area (Å²) in [6.45, 7) is 6.63. The number of carbonyl (C=O) groups excluding carboxylic acids is 1. The minimum absolute atomic E-state index is 0.143. The van der Waals surface area contributed by atoms with E-state index in [4.69, 9.17) is 0 Å². The van der Waals surface area contributed by atoms with Crippen molar-refractivity contribution in [1.29, 1.82) is 0 Å². The van der Waals surface area contributed by atoms with Gasteiger partial charge < -0.3 is 15.7 Å².